The largest absolute Gasteiger partial charge is 0.370 e. The quantitative estimate of drug-likeness (QED) is 0.779. The minimum absolute atomic E-state index is 0.717. The molecule has 0 fully saturated rings. The summed E-state index contributed by atoms with van der Waals surface area (Å²) < 4.78 is 0. The molecule has 3 heteroatoms. The van der Waals surface area contributed by atoms with Crippen LogP contribution >= 0.6 is 11.8 Å². The maximum absolute atomic E-state index is 4.58. The third-order valence-electron chi connectivity index (χ3n) is 2.45. The average molecular weight is 238 g/mol. The van der Waals surface area contributed by atoms with E-state index in [1.54, 1.807) is 0 Å². The molecular formula is C13H22N2S. The molecule has 1 atom stereocenters. The van der Waals surface area contributed by atoms with Crippen LogP contribution in [0.15, 0.2) is 18.2 Å². The molecule has 1 aromatic heterocycles. The van der Waals surface area contributed by atoms with E-state index in [9.17, 15) is 0 Å². The second kappa shape index (κ2) is 7.55. The van der Waals surface area contributed by atoms with Gasteiger partial charge in [0.05, 0.1) is 5.69 Å². The topological polar surface area (TPSA) is 24.9 Å². The van der Waals surface area contributed by atoms with E-state index in [0.29, 0.717) is 5.25 Å². The Balaban J connectivity index is 2.46. The smallest absolute Gasteiger partial charge is 0.126 e. The predicted molar refractivity (Wildman–Crippen MR) is 74.1 cm³/mol. The molecule has 1 heterocycles. The lowest BCUT2D eigenvalue weighted by atomic mass is 10.3. The van der Waals surface area contributed by atoms with E-state index >= 15 is 0 Å². The van der Waals surface area contributed by atoms with E-state index in [-0.39, 0.29) is 0 Å². The van der Waals surface area contributed by atoms with Gasteiger partial charge in [-0.1, -0.05) is 26.8 Å². The van der Waals surface area contributed by atoms with Crippen LogP contribution in [0.4, 0.5) is 5.82 Å². The highest BCUT2D eigenvalue weighted by Gasteiger charge is 2.02. The van der Waals surface area contributed by atoms with Crippen molar-refractivity contribution in [3.8, 4) is 0 Å². The summed E-state index contributed by atoms with van der Waals surface area (Å²) in [6, 6.07) is 6.22. The molecule has 0 saturated carbocycles. The van der Waals surface area contributed by atoms with Gasteiger partial charge in [-0.15, -0.1) is 0 Å². The maximum atomic E-state index is 4.58. The summed E-state index contributed by atoms with van der Waals surface area (Å²) in [4.78, 5) is 4.58. The molecule has 16 heavy (non-hydrogen) atoms. The summed E-state index contributed by atoms with van der Waals surface area (Å²) in [5.41, 5.74) is 1.17. The van der Waals surface area contributed by atoms with Crippen molar-refractivity contribution in [1.29, 1.82) is 0 Å². The molecule has 1 rings (SSSR count). The van der Waals surface area contributed by atoms with Gasteiger partial charge in [-0.25, -0.2) is 4.98 Å². The minimum Gasteiger partial charge on any atom is -0.370 e. The third kappa shape index (κ3) is 4.88. The molecule has 0 aliphatic carbocycles. The summed E-state index contributed by atoms with van der Waals surface area (Å²) in [7, 11) is 0. The highest BCUT2D eigenvalue weighted by atomic mass is 32.2. The van der Waals surface area contributed by atoms with Gasteiger partial charge in [0.25, 0.3) is 0 Å². The Morgan fingerprint density at radius 2 is 2.19 bits per heavy atom. The molecule has 0 aromatic carbocycles. The molecule has 90 valence electrons. The Hall–Kier alpha value is -0.700. The van der Waals surface area contributed by atoms with Gasteiger partial charge in [0, 0.05) is 17.5 Å². The highest BCUT2D eigenvalue weighted by Crippen LogP contribution is 2.19. The molecular weight excluding hydrogens is 216 g/mol. The van der Waals surface area contributed by atoms with Crippen molar-refractivity contribution in [1.82, 2.24) is 4.98 Å². The van der Waals surface area contributed by atoms with E-state index < -0.39 is 0 Å². The number of nitrogens with one attached hydrogen (secondary N) is 1. The van der Waals surface area contributed by atoms with Crippen molar-refractivity contribution >= 4 is 17.6 Å². The van der Waals surface area contributed by atoms with Crippen LogP contribution in [-0.4, -0.2) is 16.8 Å². The van der Waals surface area contributed by atoms with Gasteiger partial charge in [-0.05, 0) is 25.0 Å². The van der Waals surface area contributed by atoms with E-state index in [0.717, 1.165) is 24.5 Å². The number of nitrogens with zero attached hydrogens (tertiary/aromatic N) is 1. The number of hydrogen-bond donors (Lipinski definition) is 1. The number of pyridine rings is 1. The molecule has 0 aliphatic rings. The number of hydrogen-bond acceptors (Lipinski definition) is 3. The molecule has 0 bridgehead atoms. The molecule has 0 radical (unpaired) electrons. The number of thioether (sulfide) groups is 1. The van der Waals surface area contributed by atoms with Crippen molar-refractivity contribution in [3.05, 3.63) is 23.9 Å². The summed E-state index contributed by atoms with van der Waals surface area (Å²) >= 11 is 1.97. The lowest BCUT2D eigenvalue weighted by Gasteiger charge is -2.09. The zero-order chi connectivity index (χ0) is 11.8. The van der Waals surface area contributed by atoms with Crippen LogP contribution in [0.3, 0.4) is 0 Å². The van der Waals surface area contributed by atoms with Gasteiger partial charge in [0.1, 0.15) is 5.82 Å². The summed E-state index contributed by atoms with van der Waals surface area (Å²) in [5, 5.41) is 4.03. The number of rotatable bonds is 7. The summed E-state index contributed by atoms with van der Waals surface area (Å²) in [5.74, 6) is 2.01. The Morgan fingerprint density at radius 1 is 1.38 bits per heavy atom. The summed E-state index contributed by atoms with van der Waals surface area (Å²) in [6.07, 6.45) is 2.35. The summed E-state index contributed by atoms with van der Waals surface area (Å²) in [6.45, 7) is 7.65. The van der Waals surface area contributed by atoms with Crippen molar-refractivity contribution in [2.75, 3.05) is 11.9 Å². The molecule has 0 amide bonds. The van der Waals surface area contributed by atoms with E-state index in [1.165, 1.54) is 12.1 Å². The lowest BCUT2D eigenvalue weighted by Crippen LogP contribution is -2.03. The van der Waals surface area contributed by atoms with Crippen molar-refractivity contribution in [3.63, 3.8) is 0 Å². The average Bonchev–Trinajstić information content (AvgIpc) is 2.34. The Kier molecular flexibility index (Phi) is 6.31. The maximum Gasteiger partial charge on any atom is 0.126 e. The van der Waals surface area contributed by atoms with Gasteiger partial charge < -0.3 is 5.32 Å². The zero-order valence-corrected chi connectivity index (χ0v) is 11.3. The van der Waals surface area contributed by atoms with E-state index in [1.807, 2.05) is 17.8 Å². The van der Waals surface area contributed by atoms with Gasteiger partial charge in [0.15, 0.2) is 0 Å². The van der Waals surface area contributed by atoms with Gasteiger partial charge in [-0.2, -0.15) is 11.8 Å². The van der Waals surface area contributed by atoms with Crippen LogP contribution in [0, 0.1) is 0 Å². The third-order valence-corrected chi connectivity index (χ3v) is 3.82. The number of aromatic nitrogens is 1. The van der Waals surface area contributed by atoms with Gasteiger partial charge in [-0.3, -0.25) is 0 Å². The van der Waals surface area contributed by atoms with E-state index in [2.05, 4.69) is 43.2 Å². The lowest BCUT2D eigenvalue weighted by molar-refractivity contribution is 0.903. The molecule has 2 nitrogen and oxygen atoms in total. The van der Waals surface area contributed by atoms with Crippen LogP contribution < -0.4 is 5.32 Å². The number of anilines is 1. The van der Waals surface area contributed by atoms with Crippen molar-refractivity contribution in [2.45, 2.75) is 44.6 Å². The fourth-order valence-corrected chi connectivity index (χ4v) is 2.11. The first-order valence-electron chi connectivity index (χ1n) is 6.07. The van der Waals surface area contributed by atoms with Crippen LogP contribution in [0.2, 0.25) is 0 Å². The minimum atomic E-state index is 0.717. The Labute approximate surface area is 103 Å². The second-order valence-corrected chi connectivity index (χ2v) is 5.40. The van der Waals surface area contributed by atoms with Crippen LogP contribution in [0.25, 0.3) is 0 Å². The fraction of sp³-hybridized carbons (Fsp3) is 0.615. The van der Waals surface area contributed by atoms with Crippen molar-refractivity contribution < 1.29 is 0 Å². The molecule has 1 N–H and O–H groups in total. The second-order valence-electron chi connectivity index (χ2n) is 3.97. The first kappa shape index (κ1) is 13.4. The normalized spacial score (nSPS) is 12.4. The predicted octanol–water partition coefficient (Wildman–Crippen LogP) is 3.94. The SMILES string of the molecule is CCCNc1cccc(CSC(C)CC)n1. The first-order valence-corrected chi connectivity index (χ1v) is 7.12. The molecule has 0 aliphatic heterocycles. The molecule has 1 aromatic rings. The fourth-order valence-electron chi connectivity index (χ4n) is 1.26. The highest BCUT2D eigenvalue weighted by molar-refractivity contribution is 7.99. The van der Waals surface area contributed by atoms with Gasteiger partial charge in [0.2, 0.25) is 0 Å². The van der Waals surface area contributed by atoms with Crippen LogP contribution in [0.5, 0.6) is 0 Å². The molecule has 1 unspecified atom stereocenters. The van der Waals surface area contributed by atoms with E-state index in [4.69, 9.17) is 0 Å². The van der Waals surface area contributed by atoms with Crippen molar-refractivity contribution in [2.24, 2.45) is 0 Å². The van der Waals surface area contributed by atoms with Crippen LogP contribution in [0.1, 0.15) is 39.3 Å². The first-order chi connectivity index (χ1) is 7.76. The molecule has 0 saturated heterocycles. The molecule has 0 spiro atoms. The Bertz CT molecular complexity index is 302. The Morgan fingerprint density at radius 3 is 2.88 bits per heavy atom. The zero-order valence-electron chi connectivity index (χ0n) is 10.5. The standard InChI is InChI=1S/C13H22N2S/c1-4-9-14-13-8-6-7-12(15-13)10-16-11(3)5-2/h6-8,11H,4-5,9-10H2,1-3H3,(H,14,15). The van der Waals surface area contributed by atoms with Crippen LogP contribution in [-0.2, 0) is 5.75 Å². The monoisotopic (exact) mass is 238 g/mol. The van der Waals surface area contributed by atoms with Gasteiger partial charge >= 0.3 is 0 Å².